The number of hydrazone groups is 1. The second-order valence-corrected chi connectivity index (χ2v) is 0.566. The van der Waals surface area contributed by atoms with Gasteiger partial charge in [0.25, 0.3) is 0 Å². The summed E-state index contributed by atoms with van der Waals surface area (Å²) in [5, 5.41) is 3.38. The molecule has 0 aromatic rings. The molecule has 0 bridgehead atoms. The summed E-state index contributed by atoms with van der Waals surface area (Å²) >= 11 is 0. The van der Waals surface area contributed by atoms with E-state index in [0.29, 0.717) is 0 Å². The zero-order chi connectivity index (χ0) is 3.54. The Balaban J connectivity index is 2.32. The van der Waals surface area contributed by atoms with Crippen LogP contribution in [0.5, 0.6) is 0 Å². The fraction of sp³-hybridized carbons (Fsp3) is 0. The van der Waals surface area contributed by atoms with Crippen LogP contribution in [0.4, 0.5) is 0 Å². The third kappa shape index (κ3) is 0.289. The molecule has 0 aliphatic carbocycles. The van der Waals surface area contributed by atoms with Gasteiger partial charge in [0.1, 0.15) is 0 Å². The lowest BCUT2D eigenvalue weighted by Gasteiger charge is -1.73. The van der Waals surface area contributed by atoms with Gasteiger partial charge in [-0.05, 0) is 0 Å². The summed E-state index contributed by atoms with van der Waals surface area (Å²) < 4.78 is 4.29. The van der Waals surface area contributed by atoms with Crippen LogP contribution in [0.3, 0.4) is 0 Å². The maximum atomic E-state index is 4.29. The van der Waals surface area contributed by atoms with Crippen molar-refractivity contribution in [2.75, 3.05) is 0 Å². The summed E-state index contributed by atoms with van der Waals surface area (Å²) in [4.78, 5) is 0. The van der Waals surface area contributed by atoms with Crippen molar-refractivity contribution in [3.8, 4) is 0 Å². The number of ether oxygens (including phenoxy) is 1. The normalized spacial score (nSPS) is 17.6. The molecule has 26 valence electrons. The summed E-state index contributed by atoms with van der Waals surface area (Å²) in [6, 6.07) is 0. The highest BCUT2D eigenvalue weighted by Gasteiger charge is 1.86. The van der Waals surface area contributed by atoms with Crippen LogP contribution >= 0.6 is 0 Å². The van der Waals surface area contributed by atoms with Crippen LogP contribution in [0, 0.1) is 6.73 Å². The zero-order valence-corrected chi connectivity index (χ0v) is 2.43. The first-order valence-electron chi connectivity index (χ1n) is 1.17. The van der Waals surface area contributed by atoms with Gasteiger partial charge in [-0.3, -0.25) is 5.43 Å². The minimum absolute atomic E-state index is 1.26. The Morgan fingerprint density at radius 3 is 3.20 bits per heavy atom. The molecule has 3 heteroatoms. The number of nitrogens with one attached hydrogen (secondary N) is 1. The van der Waals surface area contributed by atoms with E-state index >= 15 is 0 Å². The molecule has 0 saturated heterocycles. The molecular formula is C2H2N2O. The van der Waals surface area contributed by atoms with Crippen LogP contribution in [0.2, 0.25) is 0 Å². The van der Waals surface area contributed by atoms with E-state index in [1.165, 1.54) is 6.40 Å². The quantitative estimate of drug-likeness (QED) is 0.418. The molecule has 1 rings (SSSR count). The lowest BCUT2D eigenvalue weighted by molar-refractivity contribution is 0.417. The van der Waals surface area contributed by atoms with Crippen molar-refractivity contribution in [1.82, 2.24) is 5.43 Å². The van der Waals surface area contributed by atoms with Gasteiger partial charge in [-0.25, -0.2) is 0 Å². The highest BCUT2D eigenvalue weighted by atomic mass is 16.5. The molecule has 2 radical (unpaired) electrons. The number of hydrogen-bond donors (Lipinski definition) is 1. The predicted molar refractivity (Wildman–Crippen MR) is 16.0 cm³/mol. The number of rotatable bonds is 0. The van der Waals surface area contributed by atoms with Crippen LogP contribution in [0.1, 0.15) is 0 Å². The van der Waals surface area contributed by atoms with E-state index in [1.54, 1.807) is 0 Å². The molecule has 5 heavy (non-hydrogen) atoms. The average molecular weight is 70.1 g/mol. The molecule has 0 unspecified atom stereocenters. The van der Waals surface area contributed by atoms with Crippen molar-refractivity contribution < 1.29 is 4.74 Å². The second-order valence-electron chi connectivity index (χ2n) is 0.566. The van der Waals surface area contributed by atoms with Crippen LogP contribution < -0.4 is 5.43 Å². The van der Waals surface area contributed by atoms with Crippen molar-refractivity contribution in [2.24, 2.45) is 5.10 Å². The maximum absolute atomic E-state index is 4.29. The first kappa shape index (κ1) is 2.50. The molecule has 0 amide bonds. The van der Waals surface area contributed by atoms with E-state index in [4.69, 9.17) is 0 Å². The van der Waals surface area contributed by atoms with E-state index in [-0.39, 0.29) is 0 Å². The van der Waals surface area contributed by atoms with Crippen molar-refractivity contribution >= 4 is 6.40 Å². The van der Waals surface area contributed by atoms with Crippen LogP contribution in [-0.2, 0) is 4.74 Å². The molecule has 0 atom stereocenters. The standard InChI is InChI=1S/C2H2N2O/c1-3-4-2-5-1/h1,4H. The van der Waals surface area contributed by atoms with Gasteiger partial charge >= 0.3 is 6.73 Å². The van der Waals surface area contributed by atoms with E-state index in [0.717, 1.165) is 0 Å². The van der Waals surface area contributed by atoms with E-state index < -0.39 is 0 Å². The summed E-state index contributed by atoms with van der Waals surface area (Å²) in [5.74, 6) is 0. The third-order valence-corrected chi connectivity index (χ3v) is 0.275. The highest BCUT2D eigenvalue weighted by molar-refractivity contribution is 5.47. The summed E-state index contributed by atoms with van der Waals surface area (Å²) in [7, 11) is 0. The van der Waals surface area contributed by atoms with Crippen LogP contribution in [0.15, 0.2) is 5.10 Å². The van der Waals surface area contributed by atoms with Gasteiger partial charge in [-0.2, -0.15) is 0 Å². The van der Waals surface area contributed by atoms with Gasteiger partial charge in [-0.1, -0.05) is 0 Å². The van der Waals surface area contributed by atoms with Crippen LogP contribution in [0.25, 0.3) is 0 Å². The maximum Gasteiger partial charge on any atom is 0.330 e. The Kier molecular flexibility index (Phi) is 0.463. The molecule has 1 N–H and O–H groups in total. The van der Waals surface area contributed by atoms with Crippen molar-refractivity contribution in [1.29, 1.82) is 0 Å². The summed E-state index contributed by atoms with van der Waals surface area (Å²) in [6.45, 7) is 2.25. The topological polar surface area (TPSA) is 33.6 Å². The van der Waals surface area contributed by atoms with Crippen LogP contribution in [-0.4, -0.2) is 6.40 Å². The van der Waals surface area contributed by atoms with Gasteiger partial charge in [0.15, 0.2) is 6.40 Å². The van der Waals surface area contributed by atoms with Gasteiger partial charge in [0.05, 0.1) is 0 Å². The fourth-order valence-electron chi connectivity index (χ4n) is 0.132. The molecule has 1 aliphatic rings. The highest BCUT2D eigenvalue weighted by Crippen LogP contribution is 1.76. The lowest BCUT2D eigenvalue weighted by Crippen LogP contribution is -1.89. The summed E-state index contributed by atoms with van der Waals surface area (Å²) in [5.41, 5.74) is 2.32. The Hall–Kier alpha value is -0.730. The molecule has 0 fully saturated rings. The molecule has 0 aromatic carbocycles. The zero-order valence-electron chi connectivity index (χ0n) is 2.43. The van der Waals surface area contributed by atoms with E-state index in [2.05, 4.69) is 22.0 Å². The first-order chi connectivity index (χ1) is 2.50. The molecule has 0 spiro atoms. The predicted octanol–water partition coefficient (Wildman–Crippen LogP) is -0.454. The number of hydrogen-bond acceptors (Lipinski definition) is 3. The van der Waals surface area contributed by atoms with E-state index in [1.807, 2.05) is 0 Å². The molecule has 1 aliphatic heterocycles. The third-order valence-electron chi connectivity index (χ3n) is 0.275. The Morgan fingerprint density at radius 1 is 2.00 bits per heavy atom. The van der Waals surface area contributed by atoms with Crippen molar-refractivity contribution in [2.45, 2.75) is 0 Å². The second kappa shape index (κ2) is 0.924. The Bertz CT molecular complexity index is 45.6. The molecule has 3 nitrogen and oxygen atoms in total. The largest absolute Gasteiger partial charge is 0.442 e. The van der Waals surface area contributed by atoms with Gasteiger partial charge in [0.2, 0.25) is 0 Å². The Labute approximate surface area is 29.6 Å². The van der Waals surface area contributed by atoms with Crippen molar-refractivity contribution in [3.05, 3.63) is 6.73 Å². The van der Waals surface area contributed by atoms with Gasteiger partial charge in [-0.15, -0.1) is 5.10 Å². The van der Waals surface area contributed by atoms with E-state index in [9.17, 15) is 0 Å². The monoisotopic (exact) mass is 70.0 g/mol. The lowest BCUT2D eigenvalue weighted by atomic mass is 11.3. The summed E-state index contributed by atoms with van der Waals surface area (Å²) in [6.07, 6.45) is 1.26. The smallest absolute Gasteiger partial charge is 0.330 e. The van der Waals surface area contributed by atoms with Crippen molar-refractivity contribution in [3.63, 3.8) is 0 Å². The first-order valence-corrected chi connectivity index (χ1v) is 1.17. The minimum Gasteiger partial charge on any atom is -0.442 e. The molecule has 0 aromatic heterocycles. The van der Waals surface area contributed by atoms with Gasteiger partial charge < -0.3 is 4.74 Å². The van der Waals surface area contributed by atoms with Gasteiger partial charge in [0, 0.05) is 0 Å². The minimum atomic E-state index is 1.26. The Morgan fingerprint density at radius 2 is 3.00 bits per heavy atom. The average Bonchev–Trinajstić information content (AvgIpc) is 1.76. The SMILES string of the molecule is [C]1NN=CO1. The fourth-order valence-corrected chi connectivity index (χ4v) is 0.132. The number of nitrogens with zero attached hydrogens (tertiary/aromatic N) is 1. The molecular weight excluding hydrogens is 68.0 g/mol. The molecule has 0 saturated carbocycles. The molecule has 1 heterocycles.